The Morgan fingerprint density at radius 3 is 2.97 bits per heavy atom. The lowest BCUT2D eigenvalue weighted by molar-refractivity contribution is -0.203. The van der Waals surface area contributed by atoms with E-state index in [0.717, 1.165) is 5.57 Å². The van der Waals surface area contributed by atoms with Crippen LogP contribution >= 0.6 is 0 Å². The Labute approximate surface area is 195 Å². The van der Waals surface area contributed by atoms with Crippen molar-refractivity contribution in [1.82, 2.24) is 0 Å². The first-order valence-electron chi connectivity index (χ1n) is 15.2. The highest BCUT2D eigenvalue weighted by Crippen LogP contribution is 2.70. The van der Waals surface area contributed by atoms with Gasteiger partial charge in [-0.05, 0) is 67.7 Å². The van der Waals surface area contributed by atoms with Crippen LogP contribution in [-0.4, -0.2) is 52.5 Å². The molecule has 0 spiro atoms. The fourth-order valence-corrected chi connectivity index (χ4v) is 8.05. The number of aliphatic hydroxyl groups excluding tert-OH is 2. The van der Waals surface area contributed by atoms with Crippen molar-refractivity contribution in [2.45, 2.75) is 96.0 Å². The molecule has 0 amide bonds. The molecule has 1 saturated heterocycles. The molecule has 0 aromatic rings. The number of rotatable bonds is 4. The van der Waals surface area contributed by atoms with E-state index in [0.29, 0.717) is 25.7 Å². The van der Waals surface area contributed by atoms with Crippen LogP contribution in [0.1, 0.15) is 82.9 Å². The highest BCUT2D eigenvalue weighted by Gasteiger charge is 2.75. The maximum Gasteiger partial charge on any atom is 0.193 e. The second-order valence-electron chi connectivity index (χ2n) is 10.4. The Morgan fingerprint density at radius 2 is 2.23 bits per heavy atom. The molecule has 5 aliphatic rings. The van der Waals surface area contributed by atoms with Crippen molar-refractivity contribution in [3.63, 3.8) is 0 Å². The van der Waals surface area contributed by atoms with Crippen molar-refractivity contribution >= 4 is 11.6 Å². The molecule has 6 nitrogen and oxygen atoms in total. The first-order chi connectivity index (χ1) is 17.7. The van der Waals surface area contributed by atoms with E-state index in [1.807, 2.05) is 0 Å². The normalized spacial score (nSPS) is 58.4. The van der Waals surface area contributed by atoms with Gasteiger partial charge in [0.2, 0.25) is 0 Å². The summed E-state index contributed by atoms with van der Waals surface area (Å²) in [5.74, 6) is -1.45. The molecular formula is C25H36O6. The molecule has 0 aromatic heterocycles. The van der Waals surface area contributed by atoms with Gasteiger partial charge < -0.3 is 19.7 Å². The van der Waals surface area contributed by atoms with Crippen molar-refractivity contribution in [1.29, 1.82) is 0 Å². The molecule has 6 heteroatoms. The molecule has 0 aromatic carbocycles. The van der Waals surface area contributed by atoms with Crippen LogP contribution in [0.15, 0.2) is 11.6 Å². The van der Waals surface area contributed by atoms with Gasteiger partial charge in [0.15, 0.2) is 23.4 Å². The van der Waals surface area contributed by atoms with Gasteiger partial charge >= 0.3 is 0 Å². The summed E-state index contributed by atoms with van der Waals surface area (Å²) in [6.45, 7) is -0.740. The molecule has 0 bridgehead atoms. The molecule has 1 unspecified atom stereocenters. The van der Waals surface area contributed by atoms with Gasteiger partial charge in [0, 0.05) is 21.4 Å². The number of Topliss-reactive ketones (excluding diaryl/α,β-unsaturated/α-hetero) is 1. The predicted octanol–water partition coefficient (Wildman–Crippen LogP) is 2.94. The van der Waals surface area contributed by atoms with Crippen LogP contribution in [0.4, 0.5) is 0 Å². The number of allylic oxidation sites excluding steroid dienone is 1. The molecule has 9 atom stereocenters. The average Bonchev–Trinajstić information content (AvgIpc) is 3.26. The number of hydrogen-bond acceptors (Lipinski definition) is 6. The van der Waals surface area contributed by atoms with Crippen LogP contribution in [0.2, 0.25) is 0 Å². The summed E-state index contributed by atoms with van der Waals surface area (Å²) in [5, 5.41) is 21.7. The highest BCUT2D eigenvalue weighted by atomic mass is 16.7. The topological polar surface area (TPSA) is 93.1 Å². The molecule has 2 N–H and O–H groups in total. The highest BCUT2D eigenvalue weighted by molar-refractivity contribution is 5.92. The molecule has 4 aliphatic carbocycles. The van der Waals surface area contributed by atoms with E-state index in [1.54, 1.807) is 13.0 Å². The van der Waals surface area contributed by atoms with Crippen molar-refractivity contribution < 1.29 is 40.2 Å². The molecule has 172 valence electrons. The van der Waals surface area contributed by atoms with Gasteiger partial charge in [-0.15, -0.1) is 0 Å². The van der Waals surface area contributed by atoms with Gasteiger partial charge in [-0.25, -0.2) is 0 Å². The first-order valence-corrected chi connectivity index (χ1v) is 11.2. The third kappa shape index (κ3) is 2.71. The van der Waals surface area contributed by atoms with E-state index in [-0.39, 0.29) is 36.4 Å². The maximum absolute atomic E-state index is 13.5. The Hall–Kier alpha value is -1.08. The third-order valence-corrected chi connectivity index (χ3v) is 9.28. The second-order valence-corrected chi connectivity index (χ2v) is 10.4. The van der Waals surface area contributed by atoms with Crippen LogP contribution in [0.5, 0.6) is 0 Å². The molecule has 1 heterocycles. The van der Waals surface area contributed by atoms with Crippen LogP contribution in [0.3, 0.4) is 0 Å². The fraction of sp³-hybridized carbons (Fsp3) is 0.840. The number of ether oxygens (including phenoxy) is 2. The van der Waals surface area contributed by atoms with Crippen LogP contribution in [0.25, 0.3) is 0 Å². The predicted molar refractivity (Wildman–Crippen MR) is 113 cm³/mol. The monoisotopic (exact) mass is 440 g/mol. The minimum absolute atomic E-state index is 0.00644. The molecular weight excluding hydrogens is 396 g/mol. The van der Waals surface area contributed by atoms with E-state index in [2.05, 4.69) is 6.92 Å². The zero-order valence-electron chi connectivity index (χ0n) is 25.9. The van der Waals surface area contributed by atoms with E-state index in [9.17, 15) is 19.8 Å². The summed E-state index contributed by atoms with van der Waals surface area (Å²) in [4.78, 5) is 25.7. The Morgan fingerprint density at radius 1 is 1.42 bits per heavy atom. The zero-order valence-corrected chi connectivity index (χ0v) is 17.9. The average molecular weight is 441 g/mol. The standard InChI is InChI=1S/C25H36O6/c1-4-5-21-30-20-11-17-16-7-6-14-10-15(27)8-9-23(14,2)22(16)18(28)12-24(17,3)25(20,31-21)19(29)13-26/h10,16-18,20-22,26,28H,4-9,11-13H2,1-3H3/t16-,17-,18-,20+,21?,22+,23-,24-,25+/m0/s1/i1D3,4D2,5D2,21D. The molecule has 4 fully saturated rings. The van der Waals surface area contributed by atoms with Crippen molar-refractivity contribution in [3.05, 3.63) is 11.6 Å². The lowest BCUT2D eigenvalue weighted by atomic mass is 9.45. The minimum atomic E-state index is -3.58. The van der Waals surface area contributed by atoms with Gasteiger partial charge in [-0.3, -0.25) is 9.59 Å². The largest absolute Gasteiger partial charge is 0.393 e. The molecule has 0 radical (unpaired) electrons. The SMILES string of the molecule is [2H]C([2H])([2H])C([2H])([2H])C([2H])([2H])C1([2H])O[C@@H]2C[C@H]3[C@@H]4CCC5=CC(=O)CC[C@]5(C)[C@H]4[C@@H](O)C[C@]3(C)[C@]2(C(=O)CO)O1. The van der Waals surface area contributed by atoms with Crippen LogP contribution in [-0.2, 0) is 19.1 Å². The van der Waals surface area contributed by atoms with Gasteiger partial charge in [-0.2, -0.15) is 0 Å². The lowest BCUT2D eigenvalue weighted by Crippen LogP contribution is -2.63. The number of carbonyl (C=O) groups excluding carboxylic acids is 2. The molecule has 1 aliphatic heterocycles. The Balaban J connectivity index is 1.58. The summed E-state index contributed by atoms with van der Waals surface area (Å²) in [6.07, 6.45) is -8.50. The summed E-state index contributed by atoms with van der Waals surface area (Å²) in [6, 6.07) is 0. The summed E-state index contributed by atoms with van der Waals surface area (Å²) >= 11 is 0. The number of fused-ring (bicyclic) bond motifs is 7. The number of ketones is 2. The third-order valence-electron chi connectivity index (χ3n) is 9.28. The summed E-state index contributed by atoms with van der Waals surface area (Å²) in [7, 11) is 0. The number of hydrogen-bond donors (Lipinski definition) is 2. The van der Waals surface area contributed by atoms with Crippen LogP contribution < -0.4 is 0 Å². The molecule has 3 saturated carbocycles. The smallest absolute Gasteiger partial charge is 0.193 e. The zero-order chi connectivity index (χ0) is 29.2. The molecule has 5 rings (SSSR count). The quantitative estimate of drug-likeness (QED) is 0.698. The van der Waals surface area contributed by atoms with Crippen molar-refractivity contribution in [3.8, 4) is 0 Å². The number of aliphatic hydroxyl groups is 2. The van der Waals surface area contributed by atoms with Crippen molar-refractivity contribution in [2.24, 2.45) is 28.6 Å². The van der Waals surface area contributed by atoms with E-state index in [1.165, 1.54) is 0 Å². The van der Waals surface area contributed by atoms with Gasteiger partial charge in [0.25, 0.3) is 0 Å². The van der Waals surface area contributed by atoms with Gasteiger partial charge in [0.1, 0.15) is 6.61 Å². The van der Waals surface area contributed by atoms with Gasteiger partial charge in [-0.1, -0.05) is 32.6 Å². The van der Waals surface area contributed by atoms with E-state index < -0.39 is 66.9 Å². The summed E-state index contributed by atoms with van der Waals surface area (Å²) in [5.41, 5.74) is -2.74. The first kappa shape index (κ1) is 14.2. The summed E-state index contributed by atoms with van der Waals surface area (Å²) < 4.78 is 76.0. The lowest BCUT2D eigenvalue weighted by Gasteiger charge is -2.60. The second kappa shape index (κ2) is 7.21. The van der Waals surface area contributed by atoms with Crippen LogP contribution in [0, 0.1) is 28.6 Å². The number of carbonyl (C=O) groups is 2. The van der Waals surface area contributed by atoms with Crippen molar-refractivity contribution in [2.75, 3.05) is 6.61 Å². The minimum Gasteiger partial charge on any atom is -0.393 e. The van der Waals surface area contributed by atoms with E-state index >= 15 is 0 Å². The van der Waals surface area contributed by atoms with Gasteiger partial charge in [0.05, 0.1) is 13.6 Å². The van der Waals surface area contributed by atoms with E-state index in [4.69, 9.17) is 20.4 Å². The molecule has 31 heavy (non-hydrogen) atoms. The Bertz CT molecular complexity index is 1120. The maximum atomic E-state index is 13.5. The Kier molecular flexibility index (Phi) is 3.31. The fourth-order valence-electron chi connectivity index (χ4n) is 8.05.